The second-order valence-corrected chi connectivity index (χ2v) is 8.25. The van der Waals surface area contributed by atoms with Gasteiger partial charge in [-0.2, -0.15) is 8.42 Å². The number of carbonyl (C=O) groups excluding carboxylic acids is 2. The molecule has 26 heavy (non-hydrogen) atoms. The molecule has 0 aliphatic rings. The lowest BCUT2D eigenvalue weighted by Gasteiger charge is -2.22. The van der Waals surface area contributed by atoms with Crippen molar-refractivity contribution in [2.24, 2.45) is 0 Å². The summed E-state index contributed by atoms with van der Waals surface area (Å²) in [4.78, 5) is 24.2. The highest BCUT2D eigenvalue weighted by Gasteiger charge is 2.26. The van der Waals surface area contributed by atoms with Gasteiger partial charge < -0.3 is 14.8 Å². The molecule has 0 aromatic heterocycles. The Morgan fingerprint density at radius 2 is 1.77 bits per heavy atom. The zero-order chi connectivity index (χ0) is 19.8. The minimum absolute atomic E-state index is 0.0269. The van der Waals surface area contributed by atoms with Crippen molar-refractivity contribution in [1.29, 1.82) is 0 Å². The Morgan fingerprint density at radius 3 is 2.31 bits per heavy atom. The Hall–Kier alpha value is -2.13. The van der Waals surface area contributed by atoms with Gasteiger partial charge in [-0.15, -0.1) is 0 Å². The van der Waals surface area contributed by atoms with Gasteiger partial charge in [0.05, 0.1) is 12.9 Å². The van der Waals surface area contributed by atoms with Crippen molar-refractivity contribution in [2.45, 2.75) is 45.4 Å². The monoisotopic (exact) mass is 387 g/mol. The maximum absolute atomic E-state index is 12.3. The highest BCUT2D eigenvalue weighted by Crippen LogP contribution is 2.09. The molecule has 1 amide bonds. The van der Waals surface area contributed by atoms with Crippen molar-refractivity contribution in [3.63, 3.8) is 0 Å². The van der Waals surface area contributed by atoms with E-state index < -0.39 is 33.8 Å². The van der Waals surface area contributed by atoms with E-state index in [0.29, 0.717) is 0 Å². The number of rotatable bonds is 8. The van der Waals surface area contributed by atoms with Gasteiger partial charge in [0.2, 0.25) is 0 Å². The highest BCUT2D eigenvalue weighted by molar-refractivity contribution is 7.85. The van der Waals surface area contributed by atoms with Crippen LogP contribution in [0, 0.1) is 0 Å². The minimum atomic E-state index is -3.65. The van der Waals surface area contributed by atoms with Crippen LogP contribution in [0.25, 0.3) is 0 Å². The lowest BCUT2D eigenvalue weighted by atomic mass is 10.2. The first kappa shape index (κ1) is 21.9. The molecule has 0 fully saturated rings. The molecule has 146 valence electrons. The summed E-state index contributed by atoms with van der Waals surface area (Å²) in [6.45, 7) is 4.80. The number of amides is 1. The van der Waals surface area contributed by atoms with Gasteiger partial charge >= 0.3 is 12.1 Å². The quantitative estimate of drug-likeness (QED) is 0.537. The van der Waals surface area contributed by atoms with Crippen molar-refractivity contribution in [1.82, 2.24) is 5.32 Å². The molecular weight excluding hydrogens is 362 g/mol. The molecule has 1 aromatic carbocycles. The maximum Gasteiger partial charge on any atom is 0.408 e. The Bertz CT molecular complexity index is 696. The Balaban J connectivity index is 2.68. The van der Waals surface area contributed by atoms with E-state index in [-0.39, 0.29) is 19.6 Å². The summed E-state index contributed by atoms with van der Waals surface area (Å²) in [7, 11) is -3.65. The molecule has 0 unspecified atom stereocenters. The number of nitrogens with one attached hydrogen (secondary N) is 1. The summed E-state index contributed by atoms with van der Waals surface area (Å²) in [5.41, 5.74) is 0.0375. The Kier molecular flexibility index (Phi) is 8.04. The number of ether oxygens (including phenoxy) is 2. The van der Waals surface area contributed by atoms with Crippen molar-refractivity contribution in [3.8, 4) is 0 Å². The molecule has 0 spiro atoms. The van der Waals surface area contributed by atoms with Gasteiger partial charge in [-0.3, -0.25) is 4.18 Å². The van der Waals surface area contributed by atoms with Gasteiger partial charge in [0.15, 0.2) is 0 Å². The summed E-state index contributed by atoms with van der Waals surface area (Å²) in [5, 5.41) is 2.39. The van der Waals surface area contributed by atoms with Crippen molar-refractivity contribution in [3.05, 3.63) is 35.9 Å². The van der Waals surface area contributed by atoms with Gasteiger partial charge in [0.25, 0.3) is 10.1 Å². The first-order chi connectivity index (χ1) is 12.0. The number of hydrogen-bond donors (Lipinski definition) is 1. The number of benzene rings is 1. The first-order valence-electron chi connectivity index (χ1n) is 8.01. The summed E-state index contributed by atoms with van der Waals surface area (Å²) >= 11 is 0. The first-order valence-corrected chi connectivity index (χ1v) is 9.82. The molecule has 0 saturated heterocycles. The van der Waals surface area contributed by atoms with Crippen LogP contribution >= 0.6 is 0 Å². The zero-order valence-corrected chi connectivity index (χ0v) is 16.2. The van der Waals surface area contributed by atoms with E-state index >= 15 is 0 Å². The van der Waals surface area contributed by atoms with Gasteiger partial charge in [-0.05, 0) is 26.3 Å². The van der Waals surface area contributed by atoms with Crippen LogP contribution in [0.1, 0.15) is 32.8 Å². The summed E-state index contributed by atoms with van der Waals surface area (Å²) < 4.78 is 37.0. The third-order valence-electron chi connectivity index (χ3n) is 2.90. The number of hydrogen-bond acceptors (Lipinski definition) is 7. The lowest BCUT2D eigenvalue weighted by molar-refractivity contribution is -0.147. The molecule has 0 aliphatic carbocycles. The van der Waals surface area contributed by atoms with Gasteiger partial charge in [-0.1, -0.05) is 30.3 Å². The van der Waals surface area contributed by atoms with Crippen LogP contribution < -0.4 is 5.32 Å². The fourth-order valence-corrected chi connectivity index (χ4v) is 2.24. The van der Waals surface area contributed by atoms with Crippen molar-refractivity contribution in [2.75, 3.05) is 12.9 Å². The summed E-state index contributed by atoms with van der Waals surface area (Å²) in [6, 6.07) is 7.92. The van der Waals surface area contributed by atoms with Crippen LogP contribution in [0.15, 0.2) is 30.3 Å². The maximum atomic E-state index is 12.3. The third kappa shape index (κ3) is 10.00. The highest BCUT2D eigenvalue weighted by atomic mass is 32.2. The van der Waals surface area contributed by atoms with Crippen LogP contribution in [0.3, 0.4) is 0 Å². The van der Waals surface area contributed by atoms with E-state index in [2.05, 4.69) is 9.50 Å². The van der Waals surface area contributed by atoms with Crippen molar-refractivity contribution < 1.29 is 31.7 Å². The van der Waals surface area contributed by atoms with E-state index in [9.17, 15) is 18.0 Å². The Morgan fingerprint density at radius 1 is 1.15 bits per heavy atom. The van der Waals surface area contributed by atoms with Crippen LogP contribution in [0.2, 0.25) is 0 Å². The average Bonchev–Trinajstić information content (AvgIpc) is 2.49. The smallest absolute Gasteiger partial charge is 0.408 e. The molecule has 0 bridgehead atoms. The van der Waals surface area contributed by atoms with Gasteiger partial charge in [0.1, 0.15) is 18.2 Å². The van der Waals surface area contributed by atoms with Crippen LogP contribution in [0.4, 0.5) is 4.79 Å². The zero-order valence-electron chi connectivity index (χ0n) is 15.4. The fraction of sp³-hybridized carbons (Fsp3) is 0.529. The van der Waals surface area contributed by atoms with Crippen molar-refractivity contribution >= 4 is 22.2 Å². The van der Waals surface area contributed by atoms with Crippen LogP contribution in [0.5, 0.6) is 0 Å². The van der Waals surface area contributed by atoms with Gasteiger partial charge in [-0.25, -0.2) is 9.59 Å². The largest absolute Gasteiger partial charge is 0.459 e. The normalized spacial score (nSPS) is 12.9. The molecule has 8 nitrogen and oxygen atoms in total. The lowest BCUT2D eigenvalue weighted by Crippen LogP contribution is -2.44. The number of esters is 1. The van der Waals surface area contributed by atoms with Crippen LogP contribution in [-0.4, -0.2) is 45.0 Å². The summed E-state index contributed by atoms with van der Waals surface area (Å²) in [6.07, 6.45) is 0.00950. The van der Waals surface area contributed by atoms with Crippen LogP contribution in [-0.2, 0) is 35.2 Å². The average molecular weight is 387 g/mol. The SMILES string of the molecule is CC(C)(C)OC(=O)N[C@@H](CCOS(C)(=O)=O)C(=O)OCc1ccccc1. The third-order valence-corrected chi connectivity index (χ3v) is 3.50. The molecule has 1 atom stereocenters. The topological polar surface area (TPSA) is 108 Å². The van der Waals surface area contributed by atoms with E-state index in [1.165, 1.54) is 0 Å². The predicted octanol–water partition coefficient (Wildman–Crippen LogP) is 1.99. The molecule has 9 heteroatoms. The second kappa shape index (κ2) is 9.54. The van der Waals surface area contributed by atoms with E-state index in [4.69, 9.17) is 9.47 Å². The minimum Gasteiger partial charge on any atom is -0.459 e. The molecule has 0 radical (unpaired) electrons. The molecule has 1 rings (SSSR count). The molecule has 0 saturated carbocycles. The molecule has 1 aromatic rings. The second-order valence-electron chi connectivity index (χ2n) is 6.61. The molecular formula is C17H25NO7S. The standard InChI is InChI=1S/C17H25NO7S/c1-17(2,3)25-16(20)18-14(10-11-24-26(4,21)22)15(19)23-12-13-8-6-5-7-9-13/h5-9,14H,10-12H2,1-4H3,(H,18,20)/t14-/m0/s1. The molecule has 0 aliphatic heterocycles. The predicted molar refractivity (Wildman–Crippen MR) is 94.8 cm³/mol. The number of alkyl carbamates (subject to hydrolysis) is 1. The molecule has 0 heterocycles. The summed E-state index contributed by atoms with van der Waals surface area (Å²) in [5.74, 6) is -0.711. The van der Waals surface area contributed by atoms with Gasteiger partial charge in [0, 0.05) is 6.42 Å². The number of carbonyl (C=O) groups is 2. The van der Waals surface area contributed by atoms with E-state index in [0.717, 1.165) is 11.8 Å². The Labute approximate surface area is 153 Å². The molecule has 1 N–H and O–H groups in total. The van der Waals surface area contributed by atoms with E-state index in [1.807, 2.05) is 6.07 Å². The van der Waals surface area contributed by atoms with E-state index in [1.54, 1.807) is 45.0 Å². The fourth-order valence-electron chi connectivity index (χ4n) is 1.85.